The predicted molar refractivity (Wildman–Crippen MR) is 160 cm³/mol. The maximum atomic E-state index is 4.80. The summed E-state index contributed by atoms with van der Waals surface area (Å²) >= 11 is 0. The number of benzene rings is 1. The van der Waals surface area contributed by atoms with Gasteiger partial charge in [-0.15, -0.1) is 0 Å². The van der Waals surface area contributed by atoms with Crippen LogP contribution in [0.25, 0.3) is 5.57 Å². The van der Waals surface area contributed by atoms with E-state index >= 15 is 0 Å². The van der Waals surface area contributed by atoms with Crippen LogP contribution in [0.4, 0.5) is 5.69 Å². The third-order valence-corrected chi connectivity index (χ3v) is 7.23. The van der Waals surface area contributed by atoms with Crippen LogP contribution in [0.5, 0.6) is 0 Å². The van der Waals surface area contributed by atoms with Gasteiger partial charge in [0.15, 0.2) is 0 Å². The quantitative estimate of drug-likeness (QED) is 0.275. The van der Waals surface area contributed by atoms with Gasteiger partial charge in [0, 0.05) is 50.9 Å². The van der Waals surface area contributed by atoms with E-state index < -0.39 is 0 Å². The highest BCUT2D eigenvalue weighted by Gasteiger charge is 2.22. The number of hydrogen-bond acceptors (Lipinski definition) is 5. The highest BCUT2D eigenvalue weighted by Crippen LogP contribution is 2.40. The summed E-state index contributed by atoms with van der Waals surface area (Å²) in [5, 5.41) is 6.05. The Labute approximate surface area is 221 Å². The van der Waals surface area contributed by atoms with E-state index in [-0.39, 0.29) is 0 Å². The van der Waals surface area contributed by atoms with Crippen molar-refractivity contribution in [2.45, 2.75) is 65.3 Å². The van der Waals surface area contributed by atoms with E-state index in [1.54, 1.807) is 6.08 Å². The van der Waals surface area contributed by atoms with Crippen molar-refractivity contribution in [2.24, 2.45) is 10.1 Å². The zero-order valence-corrected chi connectivity index (χ0v) is 23.8. The van der Waals surface area contributed by atoms with Crippen LogP contribution in [0.15, 0.2) is 53.6 Å². The minimum absolute atomic E-state index is 0.478. The number of hydrogen-bond donors (Lipinski definition) is 0. The highest BCUT2D eigenvalue weighted by molar-refractivity contribution is 6.11. The van der Waals surface area contributed by atoms with Gasteiger partial charge < -0.3 is 4.90 Å². The van der Waals surface area contributed by atoms with Crippen LogP contribution in [0, 0.1) is 0 Å². The summed E-state index contributed by atoms with van der Waals surface area (Å²) < 4.78 is 0. The molecule has 0 radical (unpaired) electrons. The van der Waals surface area contributed by atoms with Crippen LogP contribution in [-0.4, -0.2) is 80.1 Å². The number of aryl methyl sites for hydroxylation is 1. The number of nitrogens with zero attached hydrogens (tertiary/aromatic N) is 5. The van der Waals surface area contributed by atoms with Crippen molar-refractivity contribution in [3.05, 3.63) is 60.2 Å². The number of rotatable bonds is 10. The maximum absolute atomic E-state index is 4.80. The molecule has 198 valence electrons. The summed E-state index contributed by atoms with van der Waals surface area (Å²) in [5.41, 5.74) is 7.98. The van der Waals surface area contributed by atoms with E-state index in [4.69, 9.17) is 4.99 Å². The van der Waals surface area contributed by atoms with Gasteiger partial charge in [-0.3, -0.25) is 14.9 Å². The SMILES string of the molecule is C=CC(=C)C1=Nc2cc(CC)cc(C(C)C)c2C(=C)C1.C=NN1CCN(C(CC)CCN(C)C)CC1. The second kappa shape index (κ2) is 14.3. The molecule has 0 N–H and O–H groups in total. The maximum Gasteiger partial charge on any atom is 0.0713 e. The van der Waals surface area contributed by atoms with E-state index in [0.29, 0.717) is 5.92 Å². The van der Waals surface area contributed by atoms with Gasteiger partial charge in [-0.1, -0.05) is 59.6 Å². The Bertz CT molecular complexity index is 948. The molecule has 0 spiro atoms. The normalized spacial score (nSPS) is 16.7. The first-order chi connectivity index (χ1) is 17.1. The lowest BCUT2D eigenvalue weighted by molar-refractivity contribution is 0.0893. The number of hydrazone groups is 1. The first-order valence-electron chi connectivity index (χ1n) is 13.5. The fraction of sp³-hybridized carbons (Fsp3) is 0.548. The molecule has 5 nitrogen and oxygen atoms in total. The molecule has 1 unspecified atom stereocenters. The molecule has 0 saturated carbocycles. The largest absolute Gasteiger partial charge is 0.309 e. The average Bonchev–Trinajstić information content (AvgIpc) is 2.88. The highest BCUT2D eigenvalue weighted by atomic mass is 15.5. The number of allylic oxidation sites excluding steroid dienone is 3. The summed E-state index contributed by atoms with van der Waals surface area (Å²) in [6.07, 6.45) is 6.07. The van der Waals surface area contributed by atoms with Crippen molar-refractivity contribution in [3.8, 4) is 0 Å². The molecule has 3 rings (SSSR count). The van der Waals surface area contributed by atoms with E-state index in [1.165, 1.54) is 36.1 Å². The Morgan fingerprint density at radius 3 is 2.33 bits per heavy atom. The second-order valence-electron chi connectivity index (χ2n) is 10.4. The zero-order chi connectivity index (χ0) is 26.8. The molecule has 2 aliphatic rings. The molecule has 0 bridgehead atoms. The van der Waals surface area contributed by atoms with Gasteiger partial charge in [-0.05, 0) is 74.2 Å². The van der Waals surface area contributed by atoms with Gasteiger partial charge in [0.25, 0.3) is 0 Å². The molecule has 5 heteroatoms. The molecule has 1 aromatic rings. The van der Waals surface area contributed by atoms with Crippen molar-refractivity contribution in [3.63, 3.8) is 0 Å². The Hall–Kier alpha value is -2.50. The lowest BCUT2D eigenvalue weighted by Gasteiger charge is -2.38. The molecule has 0 amide bonds. The average molecular weight is 492 g/mol. The van der Waals surface area contributed by atoms with Gasteiger partial charge in [-0.25, -0.2) is 0 Å². The van der Waals surface area contributed by atoms with Crippen LogP contribution in [-0.2, 0) is 6.42 Å². The molecular formula is C31H49N5. The molecule has 1 aromatic carbocycles. The lowest BCUT2D eigenvalue weighted by Crippen LogP contribution is -2.49. The first-order valence-corrected chi connectivity index (χ1v) is 13.5. The lowest BCUT2D eigenvalue weighted by atomic mass is 9.85. The van der Waals surface area contributed by atoms with Crippen LogP contribution in [0.3, 0.4) is 0 Å². The van der Waals surface area contributed by atoms with Gasteiger partial charge in [0.05, 0.1) is 11.4 Å². The molecule has 1 atom stereocenters. The predicted octanol–water partition coefficient (Wildman–Crippen LogP) is 6.55. The number of piperazine rings is 1. The first kappa shape index (κ1) is 29.7. The topological polar surface area (TPSA) is 34.4 Å². The van der Waals surface area contributed by atoms with Crippen LogP contribution >= 0.6 is 0 Å². The second-order valence-corrected chi connectivity index (χ2v) is 10.4. The Balaban J connectivity index is 0.000000261. The fourth-order valence-corrected chi connectivity index (χ4v) is 4.89. The van der Waals surface area contributed by atoms with Crippen molar-refractivity contribution >= 4 is 23.7 Å². The summed E-state index contributed by atoms with van der Waals surface area (Å²) in [7, 11) is 4.29. The minimum Gasteiger partial charge on any atom is -0.309 e. The van der Waals surface area contributed by atoms with Crippen LogP contribution in [0.2, 0.25) is 0 Å². The van der Waals surface area contributed by atoms with Gasteiger partial charge in [0.1, 0.15) is 0 Å². The molecule has 36 heavy (non-hydrogen) atoms. The van der Waals surface area contributed by atoms with Crippen LogP contribution < -0.4 is 0 Å². The smallest absolute Gasteiger partial charge is 0.0713 e. The number of fused-ring (bicyclic) bond motifs is 1. The van der Waals surface area contributed by atoms with E-state index in [2.05, 4.69) is 100 Å². The van der Waals surface area contributed by atoms with Crippen molar-refractivity contribution < 1.29 is 0 Å². The standard InChI is InChI=1S/C19H23N.C12H26N4/c1-7-13(5)17-9-14(6)19-16(12(3)4)10-15(8-2)11-18(19)20-17;1-5-12(6-7-14(3)4)15-8-10-16(13-2)11-9-15/h7,10-12H,1,5-6,8-9H2,2-4H3;12H,2,5-11H2,1,3-4H3. The third-order valence-electron chi connectivity index (χ3n) is 7.23. The molecule has 1 saturated heterocycles. The van der Waals surface area contributed by atoms with Crippen molar-refractivity contribution in [1.82, 2.24) is 14.8 Å². The molecular weight excluding hydrogens is 442 g/mol. The summed E-state index contributed by atoms with van der Waals surface area (Å²) in [5.74, 6) is 0.478. The van der Waals surface area contributed by atoms with E-state index in [0.717, 1.165) is 67.6 Å². The van der Waals surface area contributed by atoms with Gasteiger partial charge >= 0.3 is 0 Å². The number of aliphatic imine (C=N–C) groups is 1. The van der Waals surface area contributed by atoms with Gasteiger partial charge in [-0.2, -0.15) is 5.10 Å². The summed E-state index contributed by atoms with van der Waals surface area (Å²) in [6.45, 7) is 30.1. The monoisotopic (exact) mass is 491 g/mol. The molecule has 0 aliphatic carbocycles. The zero-order valence-electron chi connectivity index (χ0n) is 23.8. The Morgan fingerprint density at radius 1 is 1.17 bits per heavy atom. The summed E-state index contributed by atoms with van der Waals surface area (Å²) in [6, 6.07) is 5.22. The Morgan fingerprint density at radius 2 is 1.83 bits per heavy atom. The van der Waals surface area contributed by atoms with Crippen molar-refractivity contribution in [2.75, 3.05) is 46.8 Å². The van der Waals surface area contributed by atoms with E-state index in [9.17, 15) is 0 Å². The van der Waals surface area contributed by atoms with E-state index in [1.807, 2.05) is 0 Å². The molecule has 0 aromatic heterocycles. The van der Waals surface area contributed by atoms with Crippen LogP contribution in [0.1, 0.15) is 69.6 Å². The molecule has 1 fully saturated rings. The summed E-state index contributed by atoms with van der Waals surface area (Å²) in [4.78, 5) is 9.67. The minimum atomic E-state index is 0.478. The fourth-order valence-electron chi connectivity index (χ4n) is 4.89. The Kier molecular flexibility index (Phi) is 11.8. The third kappa shape index (κ3) is 8.01. The van der Waals surface area contributed by atoms with Crippen molar-refractivity contribution in [1.29, 1.82) is 0 Å². The molecule has 2 aliphatic heterocycles. The molecule has 2 heterocycles. The van der Waals surface area contributed by atoms with Gasteiger partial charge in [0.2, 0.25) is 0 Å².